The van der Waals surface area contributed by atoms with Crippen molar-refractivity contribution in [3.05, 3.63) is 80.3 Å². The molecule has 0 radical (unpaired) electrons. The van der Waals surface area contributed by atoms with Crippen molar-refractivity contribution in [2.75, 3.05) is 11.9 Å². The lowest BCUT2D eigenvalue weighted by molar-refractivity contribution is -0.385. The minimum Gasteiger partial charge on any atom is -0.360 e. The van der Waals surface area contributed by atoms with Crippen LogP contribution in [0, 0.1) is 10.1 Å². The lowest BCUT2D eigenvalue weighted by Crippen LogP contribution is -2.37. The molecule has 1 N–H and O–H groups in total. The molecule has 8 nitrogen and oxygen atoms in total. The number of likely N-dealkylation sites (tertiary alicyclic amines) is 1. The molecule has 0 amide bonds. The van der Waals surface area contributed by atoms with Crippen LogP contribution in [0.25, 0.3) is 5.65 Å². The van der Waals surface area contributed by atoms with E-state index in [2.05, 4.69) is 28.2 Å². The van der Waals surface area contributed by atoms with Gasteiger partial charge >= 0.3 is 11.2 Å². The summed E-state index contributed by atoms with van der Waals surface area (Å²) in [6.45, 7) is 4.54. The van der Waals surface area contributed by atoms with E-state index in [9.17, 15) is 14.9 Å². The number of benzene rings is 1. The van der Waals surface area contributed by atoms with Gasteiger partial charge in [-0.3, -0.25) is 24.2 Å². The van der Waals surface area contributed by atoms with Crippen molar-refractivity contribution in [3.63, 3.8) is 0 Å². The maximum atomic E-state index is 12.6. The highest BCUT2D eigenvalue weighted by Crippen LogP contribution is 2.23. The van der Waals surface area contributed by atoms with Gasteiger partial charge in [0.25, 0.3) is 0 Å². The third-order valence-corrected chi connectivity index (χ3v) is 5.77. The van der Waals surface area contributed by atoms with E-state index in [4.69, 9.17) is 0 Å². The normalized spacial score (nSPS) is 17.2. The lowest BCUT2D eigenvalue weighted by atomic mass is 10.0. The van der Waals surface area contributed by atoms with Gasteiger partial charge in [-0.1, -0.05) is 36.8 Å². The number of fused-ring (bicyclic) bond motifs is 1. The van der Waals surface area contributed by atoms with Crippen LogP contribution in [0.3, 0.4) is 0 Å². The highest BCUT2D eigenvalue weighted by molar-refractivity contribution is 5.60. The molecule has 1 aliphatic heterocycles. The second kappa shape index (κ2) is 8.62. The topological polar surface area (TPSA) is 92.8 Å². The van der Waals surface area contributed by atoms with E-state index in [-0.39, 0.29) is 5.82 Å². The number of anilines is 1. The van der Waals surface area contributed by atoms with Crippen LogP contribution in [0.1, 0.15) is 37.3 Å². The van der Waals surface area contributed by atoms with Crippen LogP contribution in [0.2, 0.25) is 0 Å². The first-order chi connectivity index (χ1) is 14.5. The van der Waals surface area contributed by atoms with Crippen molar-refractivity contribution in [1.29, 1.82) is 0 Å². The molecule has 3 aromatic rings. The highest BCUT2D eigenvalue weighted by Gasteiger charge is 2.24. The predicted octanol–water partition coefficient (Wildman–Crippen LogP) is 3.59. The second-order valence-electron chi connectivity index (χ2n) is 7.74. The Labute approximate surface area is 174 Å². The average Bonchev–Trinajstić information content (AvgIpc) is 2.74. The molecule has 156 valence electrons. The van der Waals surface area contributed by atoms with Crippen molar-refractivity contribution >= 4 is 17.2 Å². The van der Waals surface area contributed by atoms with E-state index in [0.717, 1.165) is 18.7 Å². The molecular formula is C22H25N5O3. The van der Waals surface area contributed by atoms with Gasteiger partial charge in [0.2, 0.25) is 5.82 Å². The van der Waals surface area contributed by atoms with Gasteiger partial charge in [-0.2, -0.15) is 0 Å². The molecular weight excluding hydrogens is 382 g/mol. The van der Waals surface area contributed by atoms with E-state index >= 15 is 0 Å². The first-order valence-corrected chi connectivity index (χ1v) is 10.2. The van der Waals surface area contributed by atoms with Gasteiger partial charge in [0.05, 0.1) is 4.92 Å². The minimum atomic E-state index is -0.691. The summed E-state index contributed by atoms with van der Waals surface area (Å²) < 4.78 is 1.19. The zero-order valence-corrected chi connectivity index (χ0v) is 17.0. The first-order valence-electron chi connectivity index (χ1n) is 10.2. The minimum absolute atomic E-state index is 0.00246. The largest absolute Gasteiger partial charge is 0.376 e. The fourth-order valence-corrected chi connectivity index (χ4v) is 4.04. The van der Waals surface area contributed by atoms with Gasteiger partial charge in [0.15, 0.2) is 0 Å². The number of aromatic nitrogens is 2. The standard InChI is InChI=1S/C22H25N5O3/c1-16-8-4-6-12-25(16)15-18-10-3-2-9-17(18)14-23-21-20(27(29)30)22(28)26-13-7-5-11-19(26)24-21/h2-3,5,7,9-11,13,16,23H,4,6,8,12,14-15H2,1H3. The second-order valence-corrected chi connectivity index (χ2v) is 7.74. The van der Waals surface area contributed by atoms with E-state index in [1.807, 2.05) is 18.2 Å². The molecule has 0 spiro atoms. The van der Waals surface area contributed by atoms with E-state index in [1.54, 1.807) is 18.2 Å². The van der Waals surface area contributed by atoms with Gasteiger partial charge in [-0.25, -0.2) is 4.98 Å². The smallest absolute Gasteiger partial charge is 0.360 e. The summed E-state index contributed by atoms with van der Waals surface area (Å²) in [6, 6.07) is 13.7. The van der Waals surface area contributed by atoms with Crippen LogP contribution in [0.4, 0.5) is 11.5 Å². The fourth-order valence-electron chi connectivity index (χ4n) is 4.04. The van der Waals surface area contributed by atoms with Gasteiger partial charge < -0.3 is 5.32 Å². The van der Waals surface area contributed by atoms with Crippen molar-refractivity contribution in [2.45, 2.75) is 45.3 Å². The van der Waals surface area contributed by atoms with E-state index in [0.29, 0.717) is 18.2 Å². The number of piperidine rings is 1. The Morgan fingerprint density at radius 3 is 2.70 bits per heavy atom. The third-order valence-electron chi connectivity index (χ3n) is 5.77. The molecule has 0 bridgehead atoms. The van der Waals surface area contributed by atoms with Crippen LogP contribution in [-0.2, 0) is 13.1 Å². The molecule has 0 aliphatic carbocycles. The predicted molar refractivity (Wildman–Crippen MR) is 116 cm³/mol. The Morgan fingerprint density at radius 2 is 1.93 bits per heavy atom. The van der Waals surface area contributed by atoms with Crippen LogP contribution in [0.5, 0.6) is 0 Å². The first kappa shape index (κ1) is 20.0. The highest BCUT2D eigenvalue weighted by atomic mass is 16.6. The van der Waals surface area contributed by atoms with Crippen LogP contribution >= 0.6 is 0 Å². The summed E-state index contributed by atoms with van der Waals surface area (Å²) >= 11 is 0. The summed E-state index contributed by atoms with van der Waals surface area (Å²) in [5.74, 6) is -0.00246. The zero-order chi connectivity index (χ0) is 21.1. The van der Waals surface area contributed by atoms with Crippen molar-refractivity contribution in [1.82, 2.24) is 14.3 Å². The molecule has 8 heteroatoms. The van der Waals surface area contributed by atoms with Gasteiger partial charge in [0.1, 0.15) is 5.65 Å². The number of nitro groups is 1. The van der Waals surface area contributed by atoms with Gasteiger partial charge in [-0.15, -0.1) is 0 Å². The number of hydrogen-bond donors (Lipinski definition) is 1. The fraction of sp³-hybridized carbons (Fsp3) is 0.364. The van der Waals surface area contributed by atoms with E-state index in [1.165, 1.54) is 35.4 Å². The molecule has 4 rings (SSSR count). The number of rotatable bonds is 6. The quantitative estimate of drug-likeness (QED) is 0.496. The van der Waals surface area contributed by atoms with Crippen molar-refractivity contribution < 1.29 is 4.92 Å². The monoisotopic (exact) mass is 407 g/mol. The zero-order valence-electron chi connectivity index (χ0n) is 17.0. The molecule has 1 saturated heterocycles. The molecule has 2 aromatic heterocycles. The van der Waals surface area contributed by atoms with E-state index < -0.39 is 16.2 Å². The Balaban J connectivity index is 1.61. The SMILES string of the molecule is CC1CCCCN1Cc1ccccc1CNc1nc2ccccn2c(=O)c1[N+](=O)[O-]. The Morgan fingerprint density at radius 1 is 1.17 bits per heavy atom. The number of nitrogens with zero attached hydrogens (tertiary/aromatic N) is 4. The third kappa shape index (κ3) is 4.04. The molecule has 1 unspecified atom stereocenters. The molecule has 1 atom stereocenters. The Kier molecular flexibility index (Phi) is 5.76. The van der Waals surface area contributed by atoms with Gasteiger partial charge in [0, 0.05) is 25.3 Å². The molecule has 1 aliphatic rings. The Hall–Kier alpha value is -3.26. The van der Waals surface area contributed by atoms with Crippen LogP contribution < -0.4 is 10.9 Å². The summed E-state index contributed by atoms with van der Waals surface area (Å²) in [4.78, 5) is 30.3. The summed E-state index contributed by atoms with van der Waals surface area (Å²) in [5, 5.41) is 14.6. The number of hydrogen-bond acceptors (Lipinski definition) is 6. The van der Waals surface area contributed by atoms with Gasteiger partial charge in [-0.05, 0) is 49.6 Å². The molecule has 3 heterocycles. The molecule has 1 aromatic carbocycles. The molecule has 30 heavy (non-hydrogen) atoms. The Bertz CT molecular complexity index is 1130. The maximum Gasteiger partial charge on any atom is 0.376 e. The molecule has 0 saturated carbocycles. The summed E-state index contributed by atoms with van der Waals surface area (Å²) in [5.41, 5.74) is 1.36. The summed E-state index contributed by atoms with van der Waals surface area (Å²) in [7, 11) is 0. The van der Waals surface area contributed by atoms with Crippen molar-refractivity contribution in [3.8, 4) is 0 Å². The number of pyridine rings is 1. The average molecular weight is 407 g/mol. The maximum absolute atomic E-state index is 12.6. The van der Waals surface area contributed by atoms with Crippen molar-refractivity contribution in [2.24, 2.45) is 0 Å². The van der Waals surface area contributed by atoms with Crippen LogP contribution in [-0.4, -0.2) is 31.8 Å². The van der Waals surface area contributed by atoms with Crippen LogP contribution in [0.15, 0.2) is 53.5 Å². The lowest BCUT2D eigenvalue weighted by Gasteiger charge is -2.33. The molecule has 1 fully saturated rings. The summed E-state index contributed by atoms with van der Waals surface area (Å²) in [6.07, 6.45) is 5.17. The number of nitrogens with one attached hydrogen (secondary N) is 1.